The van der Waals surface area contributed by atoms with Gasteiger partial charge in [-0.15, -0.1) is 0 Å². The Bertz CT molecular complexity index is 1140. The van der Waals surface area contributed by atoms with E-state index in [1.165, 1.54) is 14.2 Å². The number of methoxy groups -OCH3 is 4. The summed E-state index contributed by atoms with van der Waals surface area (Å²) in [4.78, 5) is 4.42. The lowest BCUT2D eigenvalue weighted by atomic mass is 9.89. The maximum atomic E-state index is 9.94. The number of ether oxygens (including phenoxy) is 4. The van der Waals surface area contributed by atoms with E-state index in [0.29, 0.717) is 39.8 Å². The highest BCUT2D eigenvalue weighted by Crippen LogP contribution is 2.49. The molecule has 0 saturated heterocycles. The summed E-state index contributed by atoms with van der Waals surface area (Å²) in [7, 11) is 6.21. The number of anilines is 1. The molecule has 2 aromatic carbocycles. The van der Waals surface area contributed by atoms with Gasteiger partial charge in [0.25, 0.3) is 0 Å². The van der Waals surface area contributed by atoms with Crippen LogP contribution in [0.25, 0.3) is 22.3 Å². The molecule has 0 saturated carbocycles. The molecule has 0 fully saturated rings. The van der Waals surface area contributed by atoms with Gasteiger partial charge in [0, 0.05) is 27.9 Å². The highest BCUT2D eigenvalue weighted by molar-refractivity contribution is 5.95. The standard InChI is InChI=1S/C23H23N3O4/c1-13-19(14-8-6-7-9-17(14)27-2)20(16(12-24)23(25)26-13)15-10-11-18(28-3)22(30-5)21(15)29-4/h6-11H,1-5H3,(H2,25,26). The Morgan fingerprint density at radius 1 is 0.800 bits per heavy atom. The summed E-state index contributed by atoms with van der Waals surface area (Å²) in [6.07, 6.45) is 0. The van der Waals surface area contributed by atoms with Crippen LogP contribution in [0.4, 0.5) is 5.82 Å². The number of nitrogens with zero attached hydrogens (tertiary/aromatic N) is 2. The second-order valence-corrected chi connectivity index (χ2v) is 6.40. The minimum absolute atomic E-state index is 0.139. The third kappa shape index (κ3) is 3.33. The smallest absolute Gasteiger partial charge is 0.203 e. The maximum Gasteiger partial charge on any atom is 0.203 e. The van der Waals surface area contributed by atoms with Crippen LogP contribution in [0.15, 0.2) is 36.4 Å². The number of hydrogen-bond donors (Lipinski definition) is 1. The number of rotatable bonds is 6. The fourth-order valence-corrected chi connectivity index (χ4v) is 3.59. The van der Waals surface area contributed by atoms with Gasteiger partial charge < -0.3 is 24.7 Å². The molecule has 3 aromatic rings. The Balaban J connectivity index is 2.51. The molecule has 0 bridgehead atoms. The molecule has 30 heavy (non-hydrogen) atoms. The van der Waals surface area contributed by atoms with E-state index in [2.05, 4.69) is 11.1 Å². The van der Waals surface area contributed by atoms with Crippen LogP contribution >= 0.6 is 0 Å². The lowest BCUT2D eigenvalue weighted by Gasteiger charge is -2.21. The van der Waals surface area contributed by atoms with Crippen molar-refractivity contribution in [1.82, 2.24) is 4.98 Å². The zero-order chi connectivity index (χ0) is 21.8. The first-order valence-electron chi connectivity index (χ1n) is 9.15. The van der Waals surface area contributed by atoms with E-state index in [1.807, 2.05) is 37.3 Å². The Kier molecular flexibility index (Phi) is 5.98. The number of aromatic nitrogens is 1. The Hall–Kier alpha value is -3.92. The Morgan fingerprint density at radius 3 is 2.07 bits per heavy atom. The van der Waals surface area contributed by atoms with Gasteiger partial charge in [0.1, 0.15) is 23.2 Å². The summed E-state index contributed by atoms with van der Waals surface area (Å²) < 4.78 is 22.2. The molecule has 0 unspecified atom stereocenters. The van der Waals surface area contributed by atoms with Crippen molar-refractivity contribution < 1.29 is 18.9 Å². The molecule has 0 amide bonds. The van der Waals surface area contributed by atoms with Crippen LogP contribution in [-0.2, 0) is 0 Å². The van der Waals surface area contributed by atoms with Gasteiger partial charge in [-0.3, -0.25) is 0 Å². The van der Waals surface area contributed by atoms with Crippen LogP contribution in [0.3, 0.4) is 0 Å². The Morgan fingerprint density at radius 2 is 1.47 bits per heavy atom. The summed E-state index contributed by atoms with van der Waals surface area (Å²) in [5.41, 5.74) is 9.77. The SMILES string of the molecule is COc1ccccc1-c1c(C)nc(N)c(C#N)c1-c1ccc(OC)c(OC)c1OC. The summed E-state index contributed by atoms with van der Waals surface area (Å²) in [6, 6.07) is 13.3. The second-order valence-electron chi connectivity index (χ2n) is 6.40. The van der Waals surface area contributed by atoms with Crippen molar-refractivity contribution in [2.45, 2.75) is 6.92 Å². The molecule has 1 aromatic heterocycles. The zero-order valence-corrected chi connectivity index (χ0v) is 17.6. The number of aryl methyl sites for hydroxylation is 1. The van der Waals surface area contributed by atoms with Crippen LogP contribution in [-0.4, -0.2) is 33.4 Å². The molecule has 154 valence electrons. The van der Waals surface area contributed by atoms with E-state index in [4.69, 9.17) is 24.7 Å². The molecular formula is C23H23N3O4. The molecule has 7 nitrogen and oxygen atoms in total. The van der Waals surface area contributed by atoms with Crippen molar-refractivity contribution in [2.24, 2.45) is 0 Å². The fraction of sp³-hybridized carbons (Fsp3) is 0.217. The van der Waals surface area contributed by atoms with Gasteiger partial charge in [0.2, 0.25) is 5.75 Å². The first kappa shape index (κ1) is 20.8. The van der Waals surface area contributed by atoms with Gasteiger partial charge in [-0.2, -0.15) is 5.26 Å². The van der Waals surface area contributed by atoms with Gasteiger partial charge in [-0.05, 0) is 25.1 Å². The number of nitriles is 1. The molecule has 3 rings (SSSR count). The van der Waals surface area contributed by atoms with E-state index in [1.54, 1.807) is 20.3 Å². The largest absolute Gasteiger partial charge is 0.496 e. The minimum Gasteiger partial charge on any atom is -0.496 e. The number of nitrogens with two attached hydrogens (primary N) is 1. The third-order valence-electron chi connectivity index (χ3n) is 4.87. The van der Waals surface area contributed by atoms with Crippen molar-refractivity contribution >= 4 is 5.82 Å². The van der Waals surface area contributed by atoms with Gasteiger partial charge in [-0.1, -0.05) is 18.2 Å². The van der Waals surface area contributed by atoms with E-state index >= 15 is 0 Å². The zero-order valence-electron chi connectivity index (χ0n) is 17.6. The molecular weight excluding hydrogens is 382 g/mol. The number of pyridine rings is 1. The molecule has 1 heterocycles. The number of benzene rings is 2. The molecule has 2 N–H and O–H groups in total. The summed E-state index contributed by atoms with van der Waals surface area (Å²) in [6.45, 7) is 1.84. The van der Waals surface area contributed by atoms with E-state index < -0.39 is 0 Å². The van der Waals surface area contributed by atoms with Crippen molar-refractivity contribution in [3.05, 3.63) is 47.7 Å². The molecule has 0 atom stereocenters. The van der Waals surface area contributed by atoms with Crippen LogP contribution in [0.5, 0.6) is 23.0 Å². The van der Waals surface area contributed by atoms with Gasteiger partial charge in [-0.25, -0.2) is 4.98 Å². The van der Waals surface area contributed by atoms with E-state index in [0.717, 1.165) is 11.1 Å². The van der Waals surface area contributed by atoms with Crippen LogP contribution in [0, 0.1) is 18.3 Å². The molecule has 0 aliphatic rings. The van der Waals surface area contributed by atoms with Gasteiger partial charge in [0.15, 0.2) is 11.5 Å². The topological polar surface area (TPSA) is 99.6 Å². The van der Waals surface area contributed by atoms with Crippen LogP contribution < -0.4 is 24.7 Å². The van der Waals surface area contributed by atoms with Crippen molar-refractivity contribution in [2.75, 3.05) is 34.2 Å². The summed E-state index contributed by atoms with van der Waals surface area (Å²) >= 11 is 0. The van der Waals surface area contributed by atoms with Crippen molar-refractivity contribution in [3.8, 4) is 51.3 Å². The molecule has 0 aliphatic heterocycles. The van der Waals surface area contributed by atoms with E-state index in [-0.39, 0.29) is 11.4 Å². The second kappa shape index (κ2) is 8.62. The quantitative estimate of drug-likeness (QED) is 0.655. The summed E-state index contributed by atoms with van der Waals surface area (Å²) in [5, 5.41) is 9.94. The lowest BCUT2D eigenvalue weighted by molar-refractivity contribution is 0.325. The predicted octanol–water partition coefficient (Wildman–Crippen LogP) is 4.21. The number of para-hydroxylation sites is 1. The number of nitrogen functional groups attached to an aromatic ring is 1. The predicted molar refractivity (Wildman–Crippen MR) is 115 cm³/mol. The molecule has 0 radical (unpaired) electrons. The first-order chi connectivity index (χ1) is 14.5. The lowest BCUT2D eigenvalue weighted by Crippen LogP contribution is -2.05. The first-order valence-corrected chi connectivity index (χ1v) is 9.15. The van der Waals surface area contributed by atoms with Gasteiger partial charge in [0.05, 0.1) is 28.4 Å². The minimum atomic E-state index is 0.139. The molecule has 0 spiro atoms. The van der Waals surface area contributed by atoms with Crippen LogP contribution in [0.1, 0.15) is 11.3 Å². The highest BCUT2D eigenvalue weighted by atomic mass is 16.5. The van der Waals surface area contributed by atoms with E-state index in [9.17, 15) is 5.26 Å². The van der Waals surface area contributed by atoms with Crippen molar-refractivity contribution in [3.63, 3.8) is 0 Å². The average molecular weight is 405 g/mol. The normalized spacial score (nSPS) is 10.3. The number of hydrogen-bond acceptors (Lipinski definition) is 7. The van der Waals surface area contributed by atoms with Crippen LogP contribution in [0.2, 0.25) is 0 Å². The summed E-state index contributed by atoms with van der Waals surface area (Å²) in [5.74, 6) is 2.14. The average Bonchev–Trinajstić information content (AvgIpc) is 2.77. The third-order valence-corrected chi connectivity index (χ3v) is 4.87. The van der Waals surface area contributed by atoms with Gasteiger partial charge >= 0.3 is 0 Å². The maximum absolute atomic E-state index is 9.94. The monoisotopic (exact) mass is 405 g/mol. The fourth-order valence-electron chi connectivity index (χ4n) is 3.59. The molecule has 7 heteroatoms. The van der Waals surface area contributed by atoms with Crippen molar-refractivity contribution in [1.29, 1.82) is 5.26 Å². The molecule has 0 aliphatic carbocycles. The highest BCUT2D eigenvalue weighted by Gasteiger charge is 2.26. The Labute approximate surface area is 175 Å².